The fraction of sp³-hybridized carbons (Fsp3) is 0.111. The molecule has 0 amide bonds. The zero-order valence-corrected chi connectivity index (χ0v) is 7.59. The Bertz CT molecular complexity index is 260. The first kappa shape index (κ1) is 8.29. The van der Waals surface area contributed by atoms with Crippen molar-refractivity contribution in [2.75, 3.05) is 6.66 Å². The van der Waals surface area contributed by atoms with Crippen molar-refractivity contribution < 1.29 is 0 Å². The molecule has 0 fully saturated rings. The summed E-state index contributed by atoms with van der Waals surface area (Å²) in [6.07, 6.45) is 5.87. The van der Waals surface area contributed by atoms with Gasteiger partial charge in [0.1, 0.15) is 0 Å². The molecular weight excluding hydrogens is 153 g/mol. The van der Waals surface area contributed by atoms with Gasteiger partial charge in [0, 0.05) is 11.9 Å². The minimum Gasteiger partial charge on any atom is -0.361 e. The maximum absolute atomic E-state index is 3.72. The Morgan fingerprint density at radius 2 is 2.45 bits per heavy atom. The van der Waals surface area contributed by atoms with Crippen LogP contribution in [-0.4, -0.2) is 11.6 Å². The number of hydrogen-bond donors (Lipinski definition) is 1. The second-order valence-electron chi connectivity index (χ2n) is 2.17. The van der Waals surface area contributed by atoms with E-state index in [0.29, 0.717) is 0 Å². The van der Waals surface area contributed by atoms with Gasteiger partial charge in [0.25, 0.3) is 0 Å². The van der Waals surface area contributed by atoms with Gasteiger partial charge in [-0.15, -0.1) is 8.58 Å². The van der Waals surface area contributed by atoms with Crippen LogP contribution in [0.4, 0.5) is 0 Å². The molecule has 1 aromatic heterocycles. The number of rotatable bonds is 3. The van der Waals surface area contributed by atoms with Crippen molar-refractivity contribution in [2.24, 2.45) is 0 Å². The molecule has 1 rings (SSSR count). The van der Waals surface area contributed by atoms with Crippen molar-refractivity contribution in [3.8, 4) is 0 Å². The minimum atomic E-state index is 0.859. The molecule has 58 valence electrons. The zero-order chi connectivity index (χ0) is 8.10. The van der Waals surface area contributed by atoms with Crippen molar-refractivity contribution in [1.82, 2.24) is 4.98 Å². The van der Waals surface area contributed by atoms with E-state index in [4.69, 9.17) is 0 Å². The van der Waals surface area contributed by atoms with E-state index in [0.717, 1.165) is 14.3 Å². The molecule has 0 saturated carbocycles. The Balaban J connectivity index is 2.84. The highest BCUT2D eigenvalue weighted by molar-refractivity contribution is 7.40. The van der Waals surface area contributed by atoms with Crippen LogP contribution < -0.4 is 0 Å². The Morgan fingerprint density at radius 3 is 3.09 bits per heavy atom. The molecule has 0 bridgehead atoms. The lowest BCUT2D eigenvalue weighted by Crippen LogP contribution is -1.72. The van der Waals surface area contributed by atoms with Gasteiger partial charge < -0.3 is 4.98 Å². The average Bonchev–Trinajstić information content (AvgIpc) is 2.47. The number of H-pyrrole nitrogens is 1. The number of aromatic amines is 1. The quantitative estimate of drug-likeness (QED) is 0.663. The fourth-order valence-electron chi connectivity index (χ4n) is 0.883. The van der Waals surface area contributed by atoms with E-state index in [1.807, 2.05) is 18.3 Å². The molecule has 1 nitrogen and oxygen atoms in total. The van der Waals surface area contributed by atoms with Gasteiger partial charge in [0.05, 0.1) is 0 Å². The molecule has 0 aromatic carbocycles. The van der Waals surface area contributed by atoms with Crippen LogP contribution in [-0.2, 0) is 0 Å². The van der Waals surface area contributed by atoms with E-state index >= 15 is 0 Å². The van der Waals surface area contributed by atoms with Crippen molar-refractivity contribution in [3.63, 3.8) is 0 Å². The van der Waals surface area contributed by atoms with Crippen molar-refractivity contribution in [3.05, 3.63) is 35.9 Å². The SMILES string of the molecule is C=Cc1cc[nH]c1C=CPC. The summed E-state index contributed by atoms with van der Waals surface area (Å²) in [6, 6.07) is 2.02. The van der Waals surface area contributed by atoms with Crippen molar-refractivity contribution in [2.45, 2.75) is 0 Å². The van der Waals surface area contributed by atoms with E-state index < -0.39 is 0 Å². The van der Waals surface area contributed by atoms with Crippen LogP contribution in [0.5, 0.6) is 0 Å². The Labute approximate surface area is 69.0 Å². The molecule has 0 aliphatic carbocycles. The zero-order valence-electron chi connectivity index (χ0n) is 6.59. The molecule has 1 N–H and O–H groups in total. The summed E-state index contributed by atoms with van der Waals surface area (Å²) in [4.78, 5) is 3.14. The maximum Gasteiger partial charge on any atom is 0.0453 e. The standard InChI is InChI=1S/C9H12NP/c1-3-8-4-6-10-9(8)5-7-11-2/h3-7,10-11H,1H2,2H3. The highest BCUT2D eigenvalue weighted by Gasteiger charge is 1.92. The monoisotopic (exact) mass is 165 g/mol. The van der Waals surface area contributed by atoms with Crippen LogP contribution >= 0.6 is 8.58 Å². The third kappa shape index (κ3) is 2.06. The number of aromatic nitrogens is 1. The van der Waals surface area contributed by atoms with E-state index in [9.17, 15) is 0 Å². The van der Waals surface area contributed by atoms with Crippen LogP contribution in [0.2, 0.25) is 0 Å². The average molecular weight is 165 g/mol. The van der Waals surface area contributed by atoms with Gasteiger partial charge in [-0.3, -0.25) is 0 Å². The Kier molecular flexibility index (Phi) is 3.13. The molecule has 0 aliphatic heterocycles. The summed E-state index contributed by atoms with van der Waals surface area (Å²) in [5.74, 6) is 2.15. The van der Waals surface area contributed by atoms with Gasteiger partial charge in [-0.1, -0.05) is 18.5 Å². The van der Waals surface area contributed by atoms with Gasteiger partial charge in [-0.2, -0.15) is 0 Å². The van der Waals surface area contributed by atoms with Crippen molar-refractivity contribution >= 4 is 20.7 Å². The minimum absolute atomic E-state index is 0.859. The second kappa shape index (κ2) is 4.15. The van der Waals surface area contributed by atoms with E-state index in [2.05, 4.69) is 30.1 Å². The summed E-state index contributed by atoms with van der Waals surface area (Å²) in [7, 11) is 0.859. The van der Waals surface area contributed by atoms with Crippen LogP contribution in [0.3, 0.4) is 0 Å². The van der Waals surface area contributed by atoms with E-state index in [1.54, 1.807) is 0 Å². The lowest BCUT2D eigenvalue weighted by molar-refractivity contribution is 1.37. The molecule has 0 spiro atoms. The fourth-order valence-corrected chi connectivity index (χ4v) is 1.22. The summed E-state index contributed by atoms with van der Waals surface area (Å²) in [6.45, 7) is 5.87. The van der Waals surface area contributed by atoms with Crippen LogP contribution in [0.15, 0.2) is 24.7 Å². The highest BCUT2D eigenvalue weighted by atomic mass is 31.1. The highest BCUT2D eigenvalue weighted by Crippen LogP contribution is 2.13. The lowest BCUT2D eigenvalue weighted by Gasteiger charge is -1.89. The predicted molar refractivity (Wildman–Crippen MR) is 54.2 cm³/mol. The first-order valence-corrected chi connectivity index (χ1v) is 5.10. The third-order valence-electron chi connectivity index (χ3n) is 1.45. The smallest absolute Gasteiger partial charge is 0.0453 e. The number of nitrogens with one attached hydrogen (secondary N) is 1. The molecule has 1 heterocycles. The van der Waals surface area contributed by atoms with Gasteiger partial charge in [-0.05, 0) is 24.4 Å². The van der Waals surface area contributed by atoms with Gasteiger partial charge in [0.15, 0.2) is 0 Å². The molecule has 1 unspecified atom stereocenters. The van der Waals surface area contributed by atoms with E-state index in [-0.39, 0.29) is 0 Å². The van der Waals surface area contributed by atoms with Gasteiger partial charge in [0.2, 0.25) is 0 Å². The largest absolute Gasteiger partial charge is 0.361 e. The van der Waals surface area contributed by atoms with Crippen LogP contribution in [0.1, 0.15) is 11.3 Å². The maximum atomic E-state index is 3.72. The summed E-state index contributed by atoms with van der Waals surface area (Å²) in [5.41, 5.74) is 2.31. The summed E-state index contributed by atoms with van der Waals surface area (Å²) >= 11 is 0. The topological polar surface area (TPSA) is 15.8 Å². The van der Waals surface area contributed by atoms with Crippen LogP contribution in [0.25, 0.3) is 12.2 Å². The summed E-state index contributed by atoms with van der Waals surface area (Å²) in [5, 5.41) is 0. The van der Waals surface area contributed by atoms with Crippen LogP contribution in [0, 0.1) is 0 Å². The third-order valence-corrected chi connectivity index (χ3v) is 1.95. The molecule has 11 heavy (non-hydrogen) atoms. The second-order valence-corrected chi connectivity index (χ2v) is 3.08. The predicted octanol–water partition coefficient (Wildman–Crippen LogP) is 2.94. The number of hydrogen-bond acceptors (Lipinski definition) is 0. The molecule has 0 radical (unpaired) electrons. The molecule has 1 aromatic rings. The normalized spacial score (nSPS) is 11.7. The van der Waals surface area contributed by atoms with Gasteiger partial charge >= 0.3 is 0 Å². The molecule has 1 atom stereocenters. The van der Waals surface area contributed by atoms with Crippen molar-refractivity contribution in [1.29, 1.82) is 0 Å². The Hall–Kier alpha value is -0.810. The van der Waals surface area contributed by atoms with Gasteiger partial charge in [-0.25, -0.2) is 0 Å². The molecule has 2 heteroatoms. The Morgan fingerprint density at radius 1 is 1.64 bits per heavy atom. The molecular formula is C9H12NP. The lowest BCUT2D eigenvalue weighted by atomic mass is 10.2. The first-order chi connectivity index (χ1) is 5.38. The molecule has 0 saturated heterocycles. The first-order valence-electron chi connectivity index (χ1n) is 3.52. The molecule has 0 aliphatic rings. The van der Waals surface area contributed by atoms with E-state index in [1.165, 1.54) is 5.56 Å². The summed E-state index contributed by atoms with van der Waals surface area (Å²) < 4.78 is 0.